The first-order chi connectivity index (χ1) is 12.1. The van der Waals surface area contributed by atoms with E-state index >= 15 is 0 Å². The first kappa shape index (κ1) is 18.0. The number of nitrogens with one attached hydrogen (secondary N) is 1. The van der Waals surface area contributed by atoms with Crippen molar-refractivity contribution in [2.24, 2.45) is 0 Å². The minimum Gasteiger partial charge on any atom is -0.479 e. The van der Waals surface area contributed by atoms with Gasteiger partial charge >= 0.3 is 18.0 Å². The predicted octanol–water partition coefficient (Wildman–Crippen LogP) is 2.11. The van der Waals surface area contributed by atoms with Gasteiger partial charge in [0.15, 0.2) is 0 Å². The van der Waals surface area contributed by atoms with Crippen LogP contribution in [0.5, 0.6) is 0 Å². The van der Waals surface area contributed by atoms with Crippen LogP contribution in [0.4, 0.5) is 4.79 Å². The molecule has 0 aromatic heterocycles. The molecule has 7 nitrogen and oxygen atoms in total. The number of rotatable bonds is 7. The van der Waals surface area contributed by atoms with Crippen LogP contribution < -0.4 is 5.32 Å². The van der Waals surface area contributed by atoms with Crippen molar-refractivity contribution in [2.75, 3.05) is 0 Å². The summed E-state index contributed by atoms with van der Waals surface area (Å²) in [5.74, 6) is -2.61. The molecule has 2 aromatic rings. The Balaban J connectivity index is 1.85. The Morgan fingerprint density at radius 1 is 0.840 bits per heavy atom. The van der Waals surface area contributed by atoms with Gasteiger partial charge in [0.05, 0.1) is 0 Å². The maximum atomic E-state index is 11.9. The molecule has 0 saturated heterocycles. The highest BCUT2D eigenvalue weighted by molar-refractivity contribution is 6.00. The molecule has 0 bridgehead atoms. The molecule has 25 heavy (non-hydrogen) atoms. The number of carboxylic acids is 1. The highest BCUT2D eigenvalue weighted by atomic mass is 16.6. The number of alkyl carbamates (subject to hydrolysis) is 1. The first-order valence-corrected chi connectivity index (χ1v) is 7.47. The van der Waals surface area contributed by atoms with E-state index in [1.807, 2.05) is 11.4 Å². The summed E-state index contributed by atoms with van der Waals surface area (Å²) in [6.45, 7) is -0.137. The second kappa shape index (κ2) is 9.07. The summed E-state index contributed by atoms with van der Waals surface area (Å²) in [6.07, 6.45) is -1.02. The average molecular weight is 343 g/mol. The second-order valence-electron chi connectivity index (χ2n) is 5.07. The van der Waals surface area contributed by atoms with Crippen LogP contribution in [0.1, 0.15) is 11.1 Å². The Labute approximate surface area is 144 Å². The molecular formula is C18H17NO6. The average Bonchev–Trinajstić information content (AvgIpc) is 2.64. The lowest BCUT2D eigenvalue weighted by Gasteiger charge is -2.14. The van der Waals surface area contributed by atoms with Gasteiger partial charge in [0.2, 0.25) is 6.04 Å². The van der Waals surface area contributed by atoms with E-state index < -0.39 is 24.1 Å². The van der Waals surface area contributed by atoms with Crippen molar-refractivity contribution in [3.8, 4) is 0 Å². The highest BCUT2D eigenvalue weighted by Crippen LogP contribution is 2.04. The SMILES string of the molecule is O=C(N[C@H](C(=O)O)C(=O)OCc1ccccc1)OCc1ccccc1. The summed E-state index contributed by atoms with van der Waals surface area (Å²) in [6, 6.07) is 15.8. The monoisotopic (exact) mass is 343 g/mol. The molecule has 0 fully saturated rings. The van der Waals surface area contributed by atoms with Crippen LogP contribution >= 0.6 is 0 Å². The van der Waals surface area contributed by atoms with Crippen molar-refractivity contribution in [2.45, 2.75) is 19.3 Å². The number of carbonyl (C=O) groups is 3. The molecule has 7 heteroatoms. The van der Waals surface area contributed by atoms with E-state index in [-0.39, 0.29) is 13.2 Å². The molecule has 0 heterocycles. The number of carboxylic acid groups (broad SMARTS) is 1. The van der Waals surface area contributed by atoms with Crippen LogP contribution in [0.3, 0.4) is 0 Å². The topological polar surface area (TPSA) is 102 Å². The minimum absolute atomic E-state index is 0.0436. The van der Waals surface area contributed by atoms with Gasteiger partial charge in [-0.1, -0.05) is 60.7 Å². The molecule has 0 aliphatic rings. The zero-order valence-corrected chi connectivity index (χ0v) is 13.3. The molecule has 0 radical (unpaired) electrons. The fraction of sp³-hybridized carbons (Fsp3) is 0.167. The van der Waals surface area contributed by atoms with E-state index in [1.54, 1.807) is 54.6 Å². The summed E-state index contributed by atoms with van der Waals surface area (Å²) >= 11 is 0. The van der Waals surface area contributed by atoms with Crippen LogP contribution in [0.25, 0.3) is 0 Å². The van der Waals surface area contributed by atoms with E-state index in [2.05, 4.69) is 0 Å². The van der Waals surface area contributed by atoms with Crippen LogP contribution in [0.15, 0.2) is 60.7 Å². The maximum Gasteiger partial charge on any atom is 0.408 e. The quantitative estimate of drug-likeness (QED) is 0.590. The number of amides is 1. The smallest absolute Gasteiger partial charge is 0.408 e. The summed E-state index contributed by atoms with van der Waals surface area (Å²) in [7, 11) is 0. The molecule has 0 aliphatic heterocycles. The number of hydrogen-bond acceptors (Lipinski definition) is 5. The van der Waals surface area contributed by atoms with Gasteiger partial charge in [-0.15, -0.1) is 0 Å². The third kappa shape index (κ3) is 5.98. The third-order valence-corrected chi connectivity index (χ3v) is 3.18. The Kier molecular flexibility index (Phi) is 6.53. The Morgan fingerprint density at radius 3 is 1.80 bits per heavy atom. The van der Waals surface area contributed by atoms with Crippen molar-refractivity contribution in [3.63, 3.8) is 0 Å². The van der Waals surface area contributed by atoms with E-state index in [1.165, 1.54) is 0 Å². The van der Waals surface area contributed by atoms with E-state index in [0.717, 1.165) is 5.56 Å². The van der Waals surface area contributed by atoms with Gasteiger partial charge < -0.3 is 14.6 Å². The van der Waals surface area contributed by atoms with Crippen molar-refractivity contribution >= 4 is 18.0 Å². The molecular weight excluding hydrogens is 326 g/mol. The van der Waals surface area contributed by atoms with Crippen molar-refractivity contribution < 1.29 is 29.0 Å². The molecule has 1 atom stereocenters. The molecule has 0 saturated carbocycles. The van der Waals surface area contributed by atoms with Crippen LogP contribution in [0, 0.1) is 0 Å². The molecule has 0 spiro atoms. The Hall–Kier alpha value is -3.35. The number of carbonyl (C=O) groups excluding carboxylic acids is 2. The van der Waals surface area contributed by atoms with Crippen LogP contribution in [-0.2, 0) is 32.3 Å². The van der Waals surface area contributed by atoms with Crippen molar-refractivity contribution in [3.05, 3.63) is 71.8 Å². The second-order valence-corrected chi connectivity index (χ2v) is 5.07. The van der Waals surface area contributed by atoms with Gasteiger partial charge in [-0.3, -0.25) is 5.32 Å². The van der Waals surface area contributed by atoms with Gasteiger partial charge in [0, 0.05) is 0 Å². The molecule has 1 amide bonds. The first-order valence-electron chi connectivity index (χ1n) is 7.47. The summed E-state index contributed by atoms with van der Waals surface area (Å²) in [5.41, 5.74) is 1.43. The molecule has 0 unspecified atom stereocenters. The minimum atomic E-state index is -1.84. The van der Waals surface area contributed by atoms with Crippen LogP contribution in [0.2, 0.25) is 0 Å². The lowest BCUT2D eigenvalue weighted by Crippen LogP contribution is -2.47. The molecule has 2 N–H and O–H groups in total. The van der Waals surface area contributed by atoms with Crippen LogP contribution in [-0.4, -0.2) is 29.2 Å². The largest absolute Gasteiger partial charge is 0.479 e. The van der Waals surface area contributed by atoms with Gasteiger partial charge in [-0.05, 0) is 11.1 Å². The lowest BCUT2D eigenvalue weighted by atomic mass is 10.2. The van der Waals surface area contributed by atoms with Gasteiger partial charge in [-0.2, -0.15) is 0 Å². The number of esters is 1. The maximum absolute atomic E-state index is 11.9. The van der Waals surface area contributed by atoms with Crippen molar-refractivity contribution in [1.82, 2.24) is 5.32 Å². The Morgan fingerprint density at radius 2 is 1.32 bits per heavy atom. The van der Waals surface area contributed by atoms with E-state index in [4.69, 9.17) is 14.6 Å². The molecule has 2 rings (SSSR count). The lowest BCUT2D eigenvalue weighted by molar-refractivity contribution is -0.155. The number of hydrogen-bond donors (Lipinski definition) is 2. The molecule has 130 valence electrons. The highest BCUT2D eigenvalue weighted by Gasteiger charge is 2.30. The zero-order chi connectivity index (χ0) is 18.1. The number of aliphatic carboxylic acids is 1. The zero-order valence-electron chi connectivity index (χ0n) is 13.3. The van der Waals surface area contributed by atoms with E-state index in [9.17, 15) is 14.4 Å². The Bertz CT molecular complexity index is 717. The normalized spacial score (nSPS) is 11.2. The molecule has 2 aromatic carbocycles. The van der Waals surface area contributed by atoms with Crippen molar-refractivity contribution in [1.29, 1.82) is 0 Å². The third-order valence-electron chi connectivity index (χ3n) is 3.18. The molecule has 0 aliphatic carbocycles. The summed E-state index contributed by atoms with van der Waals surface area (Å²) in [4.78, 5) is 34.8. The number of ether oxygens (including phenoxy) is 2. The van der Waals surface area contributed by atoms with Gasteiger partial charge in [-0.25, -0.2) is 14.4 Å². The van der Waals surface area contributed by atoms with E-state index in [0.29, 0.717) is 5.56 Å². The predicted molar refractivity (Wildman–Crippen MR) is 87.4 cm³/mol. The fourth-order valence-corrected chi connectivity index (χ4v) is 1.92. The standard InChI is InChI=1S/C18H17NO6/c20-16(21)15(17(22)24-11-13-7-3-1-4-8-13)19-18(23)25-12-14-9-5-2-6-10-14/h1-10,15H,11-12H2,(H,19,23)(H,20,21)/t15-/m1/s1. The van der Waals surface area contributed by atoms with Gasteiger partial charge in [0.1, 0.15) is 13.2 Å². The summed E-state index contributed by atoms with van der Waals surface area (Å²) < 4.78 is 9.83. The fourth-order valence-electron chi connectivity index (χ4n) is 1.92. The number of benzene rings is 2. The van der Waals surface area contributed by atoms with Gasteiger partial charge in [0.25, 0.3) is 0 Å². The summed E-state index contributed by atoms with van der Waals surface area (Å²) in [5, 5.41) is 11.1.